The molecule has 0 bridgehead atoms. The van der Waals surface area contributed by atoms with E-state index in [1.165, 1.54) is 0 Å². The summed E-state index contributed by atoms with van der Waals surface area (Å²) in [5.74, 6) is -0.0311. The summed E-state index contributed by atoms with van der Waals surface area (Å²) >= 11 is 0. The molecule has 0 aliphatic heterocycles. The number of nitrogens with zero attached hydrogens (tertiary/aromatic N) is 2. The minimum absolute atomic E-state index is 0.0311. The monoisotopic (exact) mass is 311 g/mol. The van der Waals surface area contributed by atoms with Crippen molar-refractivity contribution in [3.05, 3.63) is 59.9 Å². The van der Waals surface area contributed by atoms with Crippen LogP contribution in [0.15, 0.2) is 48.7 Å². The quantitative estimate of drug-likeness (QED) is 0.751. The fourth-order valence-electron chi connectivity index (χ4n) is 2.33. The lowest BCUT2D eigenvalue weighted by molar-refractivity contribution is 0.0746. The van der Waals surface area contributed by atoms with Crippen LogP contribution >= 0.6 is 0 Å². The summed E-state index contributed by atoms with van der Waals surface area (Å²) in [6.07, 6.45) is 4.02. The maximum atomic E-state index is 12.6. The van der Waals surface area contributed by atoms with E-state index < -0.39 is 0 Å². The smallest absolute Gasteiger partial charge is 0.272 e. The molecule has 0 unspecified atom stereocenters. The second kappa shape index (κ2) is 8.93. The summed E-state index contributed by atoms with van der Waals surface area (Å²) in [5, 5.41) is 3.31. The zero-order chi connectivity index (χ0) is 16.5. The van der Waals surface area contributed by atoms with Gasteiger partial charge in [0, 0.05) is 19.6 Å². The van der Waals surface area contributed by atoms with Crippen molar-refractivity contribution in [2.24, 2.45) is 0 Å². The molecule has 1 aromatic heterocycles. The van der Waals surface area contributed by atoms with E-state index >= 15 is 0 Å². The van der Waals surface area contributed by atoms with E-state index in [1.807, 2.05) is 48.2 Å². The van der Waals surface area contributed by atoms with Gasteiger partial charge < -0.3 is 10.2 Å². The molecule has 1 aromatic carbocycles. The highest BCUT2D eigenvalue weighted by atomic mass is 16.2. The Bertz CT molecular complexity index is 596. The second-order valence-electron chi connectivity index (χ2n) is 5.52. The number of hydrogen-bond donors (Lipinski definition) is 1. The molecular formula is C19H25N3O. The highest BCUT2D eigenvalue weighted by Crippen LogP contribution is 2.11. The minimum Gasteiger partial charge on any atom is -0.384 e. The molecule has 4 nitrogen and oxygen atoms in total. The largest absolute Gasteiger partial charge is 0.384 e. The molecule has 0 saturated heterocycles. The molecule has 122 valence electrons. The van der Waals surface area contributed by atoms with Crippen LogP contribution in [0.25, 0.3) is 0 Å². The van der Waals surface area contributed by atoms with Crippen LogP contribution in [0.3, 0.4) is 0 Å². The van der Waals surface area contributed by atoms with Gasteiger partial charge in [-0.1, -0.05) is 43.7 Å². The molecule has 1 heterocycles. The highest BCUT2D eigenvalue weighted by Gasteiger charge is 2.15. The van der Waals surface area contributed by atoms with Gasteiger partial charge in [-0.25, -0.2) is 4.98 Å². The van der Waals surface area contributed by atoms with Crippen molar-refractivity contribution in [3.63, 3.8) is 0 Å². The summed E-state index contributed by atoms with van der Waals surface area (Å²) in [7, 11) is 0. The van der Waals surface area contributed by atoms with E-state index in [4.69, 9.17) is 0 Å². The number of carbonyl (C=O) groups is 1. The van der Waals surface area contributed by atoms with Crippen LogP contribution in [0.5, 0.6) is 0 Å². The average molecular weight is 311 g/mol. The fourth-order valence-corrected chi connectivity index (χ4v) is 2.33. The van der Waals surface area contributed by atoms with E-state index in [0.717, 1.165) is 30.6 Å². The first-order valence-corrected chi connectivity index (χ1v) is 8.27. The summed E-state index contributed by atoms with van der Waals surface area (Å²) in [5.41, 5.74) is 2.57. The first-order chi connectivity index (χ1) is 11.2. The van der Waals surface area contributed by atoms with Crippen molar-refractivity contribution in [2.45, 2.75) is 33.2 Å². The number of benzene rings is 1. The average Bonchev–Trinajstić information content (AvgIpc) is 2.61. The third-order valence-corrected chi connectivity index (χ3v) is 3.73. The van der Waals surface area contributed by atoms with E-state index in [-0.39, 0.29) is 5.91 Å². The van der Waals surface area contributed by atoms with Crippen molar-refractivity contribution in [1.29, 1.82) is 0 Å². The lowest BCUT2D eigenvalue weighted by Gasteiger charge is -2.20. The van der Waals surface area contributed by atoms with E-state index in [9.17, 15) is 4.79 Å². The maximum Gasteiger partial charge on any atom is 0.272 e. The van der Waals surface area contributed by atoms with Crippen LogP contribution in [0.2, 0.25) is 0 Å². The standard InChI is InChI=1S/C19H25N3O/c1-3-5-13-20-17-11-12-18(21-14-17)19(23)22(4-2)15-16-9-7-6-8-10-16/h6-12,14,20H,3-5,13,15H2,1-2H3. The molecule has 0 atom stereocenters. The van der Waals surface area contributed by atoms with Crippen molar-refractivity contribution in [3.8, 4) is 0 Å². The minimum atomic E-state index is -0.0311. The molecule has 0 radical (unpaired) electrons. The maximum absolute atomic E-state index is 12.6. The molecule has 0 fully saturated rings. The molecule has 1 amide bonds. The lowest BCUT2D eigenvalue weighted by Crippen LogP contribution is -2.30. The normalized spacial score (nSPS) is 10.3. The summed E-state index contributed by atoms with van der Waals surface area (Å²) in [6, 6.07) is 13.7. The van der Waals surface area contributed by atoms with Gasteiger partial charge in [0.05, 0.1) is 11.9 Å². The number of rotatable bonds is 8. The number of nitrogens with one attached hydrogen (secondary N) is 1. The molecule has 0 aliphatic rings. The number of aromatic nitrogens is 1. The van der Waals surface area contributed by atoms with Gasteiger partial charge in [0.1, 0.15) is 5.69 Å². The Morgan fingerprint density at radius 2 is 1.91 bits per heavy atom. The summed E-state index contributed by atoms with van der Waals surface area (Å²) in [4.78, 5) is 18.7. The summed E-state index contributed by atoms with van der Waals surface area (Å²) in [6.45, 7) is 6.34. The zero-order valence-electron chi connectivity index (χ0n) is 14.0. The van der Waals surface area contributed by atoms with Crippen LogP contribution in [-0.4, -0.2) is 28.9 Å². The van der Waals surface area contributed by atoms with Crippen molar-refractivity contribution >= 4 is 11.6 Å². The molecule has 23 heavy (non-hydrogen) atoms. The Morgan fingerprint density at radius 3 is 2.52 bits per heavy atom. The van der Waals surface area contributed by atoms with Crippen molar-refractivity contribution < 1.29 is 4.79 Å². The molecule has 2 rings (SSSR count). The van der Waals surface area contributed by atoms with Crippen LogP contribution in [0.1, 0.15) is 42.7 Å². The van der Waals surface area contributed by atoms with Gasteiger partial charge in [-0.3, -0.25) is 4.79 Å². The fraction of sp³-hybridized carbons (Fsp3) is 0.368. The Balaban J connectivity index is 2.00. The van der Waals surface area contributed by atoms with Gasteiger partial charge >= 0.3 is 0 Å². The van der Waals surface area contributed by atoms with Gasteiger partial charge in [0.25, 0.3) is 5.91 Å². The molecule has 0 aliphatic carbocycles. The van der Waals surface area contributed by atoms with Crippen molar-refractivity contribution in [2.75, 3.05) is 18.4 Å². The first-order valence-electron chi connectivity index (χ1n) is 8.27. The molecule has 1 N–H and O–H groups in total. The Hall–Kier alpha value is -2.36. The second-order valence-corrected chi connectivity index (χ2v) is 5.52. The SMILES string of the molecule is CCCCNc1ccc(C(=O)N(CC)Cc2ccccc2)nc1. The van der Waals surface area contributed by atoms with Gasteiger partial charge in [0.2, 0.25) is 0 Å². The van der Waals surface area contributed by atoms with Crippen LogP contribution in [-0.2, 0) is 6.54 Å². The molecule has 0 saturated carbocycles. The Morgan fingerprint density at radius 1 is 1.13 bits per heavy atom. The zero-order valence-corrected chi connectivity index (χ0v) is 14.0. The first kappa shape index (κ1) is 17.0. The number of amides is 1. The molecule has 4 heteroatoms. The van der Waals surface area contributed by atoms with Gasteiger partial charge in [-0.2, -0.15) is 0 Å². The number of anilines is 1. The highest BCUT2D eigenvalue weighted by molar-refractivity contribution is 5.92. The topological polar surface area (TPSA) is 45.2 Å². The van der Waals surface area contributed by atoms with Gasteiger partial charge in [0.15, 0.2) is 0 Å². The van der Waals surface area contributed by atoms with E-state index in [0.29, 0.717) is 18.8 Å². The van der Waals surface area contributed by atoms with Gasteiger partial charge in [-0.15, -0.1) is 0 Å². The van der Waals surface area contributed by atoms with Crippen LogP contribution in [0, 0.1) is 0 Å². The Labute approximate surface area is 138 Å². The van der Waals surface area contributed by atoms with E-state index in [1.54, 1.807) is 12.3 Å². The number of hydrogen-bond acceptors (Lipinski definition) is 3. The number of carbonyl (C=O) groups excluding carboxylic acids is 1. The third kappa shape index (κ3) is 5.09. The van der Waals surface area contributed by atoms with Crippen LogP contribution < -0.4 is 5.32 Å². The van der Waals surface area contributed by atoms with E-state index in [2.05, 4.69) is 17.2 Å². The number of unbranched alkanes of at least 4 members (excludes halogenated alkanes) is 1. The Kier molecular flexibility index (Phi) is 6.60. The lowest BCUT2D eigenvalue weighted by atomic mass is 10.2. The molecule has 2 aromatic rings. The molecular weight excluding hydrogens is 286 g/mol. The predicted octanol–water partition coefficient (Wildman–Crippen LogP) is 3.96. The third-order valence-electron chi connectivity index (χ3n) is 3.73. The number of pyridine rings is 1. The predicted molar refractivity (Wildman–Crippen MR) is 94.5 cm³/mol. The summed E-state index contributed by atoms with van der Waals surface area (Å²) < 4.78 is 0. The molecule has 0 spiro atoms. The van der Waals surface area contributed by atoms with Crippen molar-refractivity contribution in [1.82, 2.24) is 9.88 Å². The van der Waals surface area contributed by atoms with Gasteiger partial charge in [-0.05, 0) is 31.0 Å². The van der Waals surface area contributed by atoms with Crippen LogP contribution in [0.4, 0.5) is 5.69 Å².